The first kappa shape index (κ1) is 12.3. The molecule has 2 unspecified atom stereocenters. The molecule has 2 aliphatic rings. The number of hydrogen-bond donors (Lipinski definition) is 1. The van der Waals surface area contributed by atoms with Crippen LogP contribution in [0.1, 0.15) is 6.92 Å². The molecule has 1 amide bonds. The van der Waals surface area contributed by atoms with E-state index < -0.39 is 6.10 Å². The summed E-state index contributed by atoms with van der Waals surface area (Å²) in [7, 11) is 0. The normalized spacial score (nSPS) is 24.8. The second-order valence-electron chi connectivity index (χ2n) is 4.33. The largest absolute Gasteiger partial charge is 0.482 e. The minimum absolute atomic E-state index is 0.213. The first-order valence-corrected chi connectivity index (χ1v) is 7.13. The molecule has 0 saturated heterocycles. The van der Waals surface area contributed by atoms with Gasteiger partial charge in [0.15, 0.2) is 16.7 Å². The lowest BCUT2D eigenvalue weighted by Crippen LogP contribution is -2.49. The molecule has 19 heavy (non-hydrogen) atoms. The summed E-state index contributed by atoms with van der Waals surface area (Å²) >= 11 is 1.54. The van der Waals surface area contributed by atoms with Crippen molar-refractivity contribution in [3.05, 3.63) is 24.3 Å². The van der Waals surface area contributed by atoms with Crippen molar-refractivity contribution in [2.24, 2.45) is 4.99 Å². The second-order valence-corrected chi connectivity index (χ2v) is 5.42. The van der Waals surface area contributed by atoms with Gasteiger partial charge in [-0.3, -0.25) is 9.79 Å². The van der Waals surface area contributed by atoms with Gasteiger partial charge in [-0.15, -0.1) is 0 Å². The average molecular weight is 278 g/mol. The lowest BCUT2D eigenvalue weighted by atomic mass is 10.1. The highest BCUT2D eigenvalue weighted by atomic mass is 32.2. The number of ether oxygens (including phenoxy) is 2. The summed E-state index contributed by atoms with van der Waals surface area (Å²) in [4.78, 5) is 16.4. The molecule has 0 radical (unpaired) electrons. The SMILES string of the molecule is CC1Oc2ccccc2OC1C(=O)NC1=NCCS1. The van der Waals surface area contributed by atoms with Crippen molar-refractivity contribution in [2.45, 2.75) is 19.1 Å². The zero-order chi connectivity index (χ0) is 13.2. The van der Waals surface area contributed by atoms with Crippen LogP contribution in [0.25, 0.3) is 0 Å². The molecular weight excluding hydrogens is 264 g/mol. The number of nitrogens with zero attached hydrogens (tertiary/aromatic N) is 1. The summed E-state index contributed by atoms with van der Waals surface area (Å²) in [5.41, 5.74) is 0. The molecule has 5 nitrogen and oxygen atoms in total. The third-order valence-corrected chi connectivity index (χ3v) is 3.81. The van der Waals surface area contributed by atoms with Gasteiger partial charge in [-0.05, 0) is 19.1 Å². The van der Waals surface area contributed by atoms with E-state index >= 15 is 0 Å². The Hall–Kier alpha value is -1.69. The summed E-state index contributed by atoms with van der Waals surface area (Å²) in [6.45, 7) is 2.57. The molecule has 0 aromatic heterocycles. The minimum atomic E-state index is -0.654. The van der Waals surface area contributed by atoms with E-state index in [0.717, 1.165) is 12.3 Å². The number of hydrogen-bond acceptors (Lipinski definition) is 5. The monoisotopic (exact) mass is 278 g/mol. The number of carbonyl (C=O) groups excluding carboxylic acids is 1. The maximum atomic E-state index is 12.2. The third kappa shape index (κ3) is 2.53. The number of nitrogens with one attached hydrogen (secondary N) is 1. The van der Waals surface area contributed by atoms with Crippen LogP contribution in [0.5, 0.6) is 11.5 Å². The molecule has 0 bridgehead atoms. The first-order chi connectivity index (χ1) is 9.24. The van der Waals surface area contributed by atoms with Gasteiger partial charge in [0.2, 0.25) is 6.10 Å². The number of benzene rings is 1. The zero-order valence-electron chi connectivity index (χ0n) is 10.5. The van der Waals surface area contributed by atoms with Crippen molar-refractivity contribution in [2.75, 3.05) is 12.3 Å². The van der Waals surface area contributed by atoms with E-state index in [1.54, 1.807) is 17.8 Å². The fourth-order valence-corrected chi connectivity index (χ4v) is 2.72. The molecule has 1 aromatic carbocycles. The predicted octanol–water partition coefficient (Wildman–Crippen LogP) is 1.43. The highest BCUT2D eigenvalue weighted by Gasteiger charge is 2.34. The van der Waals surface area contributed by atoms with Gasteiger partial charge in [0.25, 0.3) is 5.91 Å². The number of fused-ring (bicyclic) bond motifs is 1. The molecule has 2 heterocycles. The van der Waals surface area contributed by atoms with Crippen molar-refractivity contribution in [1.82, 2.24) is 5.32 Å². The molecule has 0 saturated carbocycles. The highest BCUT2D eigenvalue weighted by Crippen LogP contribution is 2.33. The van der Waals surface area contributed by atoms with Crippen LogP contribution in [-0.2, 0) is 4.79 Å². The van der Waals surface area contributed by atoms with E-state index in [4.69, 9.17) is 9.47 Å². The van der Waals surface area contributed by atoms with Gasteiger partial charge in [0, 0.05) is 5.75 Å². The van der Waals surface area contributed by atoms with E-state index in [-0.39, 0.29) is 12.0 Å². The molecule has 100 valence electrons. The predicted molar refractivity (Wildman–Crippen MR) is 73.9 cm³/mol. The molecule has 0 fully saturated rings. The number of rotatable bonds is 1. The number of aliphatic imine (C=N–C) groups is 1. The number of carbonyl (C=O) groups is 1. The van der Waals surface area contributed by atoms with Gasteiger partial charge in [0.05, 0.1) is 6.54 Å². The van der Waals surface area contributed by atoms with Crippen molar-refractivity contribution >= 4 is 22.8 Å². The fraction of sp³-hybridized carbons (Fsp3) is 0.385. The van der Waals surface area contributed by atoms with Crippen LogP contribution in [0.3, 0.4) is 0 Å². The van der Waals surface area contributed by atoms with Crippen LogP contribution in [0, 0.1) is 0 Å². The van der Waals surface area contributed by atoms with Crippen LogP contribution < -0.4 is 14.8 Å². The molecule has 0 aliphatic carbocycles. The summed E-state index contributed by atoms with van der Waals surface area (Å²) < 4.78 is 11.4. The number of amides is 1. The Balaban J connectivity index is 1.73. The van der Waals surface area contributed by atoms with Gasteiger partial charge < -0.3 is 14.8 Å². The van der Waals surface area contributed by atoms with Gasteiger partial charge in [-0.2, -0.15) is 0 Å². The highest BCUT2D eigenvalue weighted by molar-refractivity contribution is 8.14. The van der Waals surface area contributed by atoms with Crippen LogP contribution in [-0.4, -0.2) is 35.6 Å². The number of para-hydroxylation sites is 2. The Bertz CT molecular complexity index is 532. The third-order valence-electron chi connectivity index (χ3n) is 2.92. The second kappa shape index (κ2) is 5.13. The molecule has 2 atom stereocenters. The minimum Gasteiger partial charge on any atom is -0.482 e. The molecule has 2 aliphatic heterocycles. The summed E-state index contributed by atoms with van der Waals surface area (Å²) in [6, 6.07) is 7.35. The Kier molecular flexibility index (Phi) is 3.33. The Morgan fingerprint density at radius 2 is 2.11 bits per heavy atom. The number of thioether (sulfide) groups is 1. The van der Waals surface area contributed by atoms with E-state index in [9.17, 15) is 4.79 Å². The molecule has 0 spiro atoms. The van der Waals surface area contributed by atoms with E-state index in [1.807, 2.05) is 25.1 Å². The first-order valence-electron chi connectivity index (χ1n) is 6.14. The Morgan fingerprint density at radius 1 is 1.37 bits per heavy atom. The van der Waals surface area contributed by atoms with Crippen LogP contribution in [0.4, 0.5) is 0 Å². The van der Waals surface area contributed by atoms with Crippen molar-refractivity contribution in [3.63, 3.8) is 0 Å². The Morgan fingerprint density at radius 3 is 2.79 bits per heavy atom. The van der Waals surface area contributed by atoms with Gasteiger partial charge in [0.1, 0.15) is 6.10 Å². The molecule has 6 heteroatoms. The Labute approximate surface area is 115 Å². The molecule has 1 aromatic rings. The topological polar surface area (TPSA) is 59.9 Å². The molecule has 3 rings (SSSR count). The number of amidine groups is 1. The smallest absolute Gasteiger partial charge is 0.270 e. The van der Waals surface area contributed by atoms with E-state index in [2.05, 4.69) is 10.3 Å². The summed E-state index contributed by atoms with van der Waals surface area (Å²) in [6.07, 6.45) is -0.985. The quantitative estimate of drug-likeness (QED) is 0.844. The lowest BCUT2D eigenvalue weighted by molar-refractivity contribution is -0.131. The maximum Gasteiger partial charge on any atom is 0.270 e. The van der Waals surface area contributed by atoms with Crippen LogP contribution in [0.2, 0.25) is 0 Å². The summed E-state index contributed by atoms with van der Waals surface area (Å²) in [5.74, 6) is 1.97. The van der Waals surface area contributed by atoms with Crippen LogP contribution in [0.15, 0.2) is 29.3 Å². The molecule has 1 N–H and O–H groups in total. The standard InChI is InChI=1S/C13H14N2O3S/c1-8-11(12(16)15-13-14-6-7-19-13)18-10-5-3-2-4-9(10)17-8/h2-5,8,11H,6-7H2,1H3,(H,14,15,16). The van der Waals surface area contributed by atoms with Crippen molar-refractivity contribution in [3.8, 4) is 11.5 Å². The lowest BCUT2D eigenvalue weighted by Gasteiger charge is -2.30. The fourth-order valence-electron chi connectivity index (χ4n) is 1.99. The maximum absolute atomic E-state index is 12.2. The zero-order valence-corrected chi connectivity index (χ0v) is 11.3. The van der Waals surface area contributed by atoms with Crippen LogP contribution >= 0.6 is 11.8 Å². The van der Waals surface area contributed by atoms with Gasteiger partial charge in [-0.1, -0.05) is 23.9 Å². The molecular formula is C13H14N2O3S. The van der Waals surface area contributed by atoms with E-state index in [1.165, 1.54) is 0 Å². The average Bonchev–Trinajstić information content (AvgIpc) is 2.90. The van der Waals surface area contributed by atoms with Crippen molar-refractivity contribution in [1.29, 1.82) is 0 Å². The van der Waals surface area contributed by atoms with Gasteiger partial charge in [-0.25, -0.2) is 0 Å². The van der Waals surface area contributed by atoms with Gasteiger partial charge >= 0.3 is 0 Å². The summed E-state index contributed by atoms with van der Waals surface area (Å²) in [5, 5.41) is 3.45. The van der Waals surface area contributed by atoms with Crippen molar-refractivity contribution < 1.29 is 14.3 Å². The van der Waals surface area contributed by atoms with E-state index in [0.29, 0.717) is 16.7 Å².